The van der Waals surface area contributed by atoms with E-state index in [4.69, 9.17) is 4.52 Å². The Kier molecular flexibility index (Phi) is 6.87. The number of nitrogens with one attached hydrogen (secondary N) is 1. The van der Waals surface area contributed by atoms with Gasteiger partial charge in [-0.15, -0.1) is 0 Å². The van der Waals surface area contributed by atoms with Crippen LogP contribution in [0.25, 0.3) is 0 Å². The van der Waals surface area contributed by atoms with Crippen LogP contribution in [0.5, 0.6) is 0 Å². The van der Waals surface area contributed by atoms with Crippen molar-refractivity contribution in [2.24, 2.45) is 5.92 Å². The normalized spacial score (nSPS) is 19.2. The minimum Gasteiger partial charge on any atom is -0.370 e. The van der Waals surface area contributed by atoms with Crippen molar-refractivity contribution in [1.29, 1.82) is 0 Å². The summed E-state index contributed by atoms with van der Waals surface area (Å²) in [5.74, 6) is -0.818. The van der Waals surface area contributed by atoms with Gasteiger partial charge in [-0.1, -0.05) is 5.16 Å². The van der Waals surface area contributed by atoms with Gasteiger partial charge in [0, 0.05) is 19.6 Å². The van der Waals surface area contributed by atoms with Gasteiger partial charge in [-0.2, -0.15) is 17.5 Å². The number of hydrogen-bond acceptors (Lipinski definition) is 6. The fraction of sp³-hybridized carbons (Fsp3) is 0.733. The maximum Gasteiger partial charge on any atom is 0.411 e. The van der Waals surface area contributed by atoms with Gasteiger partial charge in [0.1, 0.15) is 17.2 Å². The number of halogens is 3. The molecule has 1 aliphatic rings. The van der Waals surface area contributed by atoms with Crippen molar-refractivity contribution in [3.05, 3.63) is 11.5 Å². The summed E-state index contributed by atoms with van der Waals surface area (Å²) in [6, 6.07) is 0. The summed E-state index contributed by atoms with van der Waals surface area (Å²) >= 11 is 0. The fourth-order valence-corrected chi connectivity index (χ4v) is 4.74. The molecule has 1 unspecified atom stereocenters. The Morgan fingerprint density at radius 1 is 1.41 bits per heavy atom. The maximum atomic E-state index is 12.8. The van der Waals surface area contributed by atoms with Crippen LogP contribution in [0, 0.1) is 19.8 Å². The van der Waals surface area contributed by atoms with Gasteiger partial charge in [0.05, 0.1) is 12.5 Å². The van der Waals surface area contributed by atoms with Crippen LogP contribution in [-0.2, 0) is 19.6 Å². The highest BCUT2D eigenvalue weighted by Gasteiger charge is 2.36. The highest BCUT2D eigenvalue weighted by Crippen LogP contribution is 2.27. The number of aryl methyl sites for hydroxylation is 2. The number of amides is 1. The molecule has 27 heavy (non-hydrogen) atoms. The highest BCUT2D eigenvalue weighted by atomic mass is 32.2. The van der Waals surface area contributed by atoms with Crippen molar-refractivity contribution in [3.8, 4) is 0 Å². The Bertz CT molecular complexity index is 744. The number of hydrogen-bond donors (Lipinski definition) is 1. The Balaban J connectivity index is 1.91. The van der Waals surface area contributed by atoms with Crippen molar-refractivity contribution in [2.75, 3.05) is 32.8 Å². The summed E-state index contributed by atoms with van der Waals surface area (Å²) in [7, 11) is -3.84. The Morgan fingerprint density at radius 2 is 2.11 bits per heavy atom. The van der Waals surface area contributed by atoms with Crippen molar-refractivity contribution in [3.63, 3.8) is 0 Å². The average Bonchev–Trinajstić information content (AvgIpc) is 2.92. The monoisotopic (exact) mass is 413 g/mol. The van der Waals surface area contributed by atoms with E-state index in [1.54, 1.807) is 0 Å². The molecule has 1 aromatic heterocycles. The largest absolute Gasteiger partial charge is 0.411 e. The molecule has 154 valence electrons. The van der Waals surface area contributed by atoms with E-state index < -0.39 is 34.6 Å². The quantitative estimate of drug-likeness (QED) is 0.678. The van der Waals surface area contributed by atoms with Crippen molar-refractivity contribution in [1.82, 2.24) is 14.8 Å². The highest BCUT2D eigenvalue weighted by molar-refractivity contribution is 7.89. The van der Waals surface area contributed by atoms with Crippen LogP contribution in [0.15, 0.2) is 9.42 Å². The number of piperidine rings is 1. The molecular formula is C15H22F3N3O5S. The zero-order chi connectivity index (χ0) is 20.2. The molecule has 0 saturated carbocycles. The van der Waals surface area contributed by atoms with Gasteiger partial charge in [0.15, 0.2) is 5.76 Å². The molecule has 1 atom stereocenters. The molecule has 1 amide bonds. The Labute approximate surface area is 155 Å². The fourth-order valence-electron chi connectivity index (χ4n) is 2.93. The molecule has 0 radical (unpaired) electrons. The van der Waals surface area contributed by atoms with Gasteiger partial charge < -0.3 is 14.6 Å². The van der Waals surface area contributed by atoms with E-state index in [0.29, 0.717) is 12.8 Å². The first kappa shape index (κ1) is 21.6. The first-order chi connectivity index (χ1) is 12.5. The summed E-state index contributed by atoms with van der Waals surface area (Å²) in [6.45, 7) is 1.55. The number of rotatable bonds is 7. The van der Waals surface area contributed by atoms with Crippen LogP contribution in [0.2, 0.25) is 0 Å². The third kappa shape index (κ3) is 5.66. The maximum absolute atomic E-state index is 12.8. The number of carbonyl (C=O) groups is 1. The number of ether oxygens (including phenoxy) is 1. The Hall–Kier alpha value is -1.66. The van der Waals surface area contributed by atoms with Crippen molar-refractivity contribution < 1.29 is 35.6 Å². The second-order valence-corrected chi connectivity index (χ2v) is 8.19. The summed E-state index contributed by atoms with van der Waals surface area (Å²) in [5, 5.41) is 6.14. The van der Waals surface area contributed by atoms with Gasteiger partial charge in [-0.3, -0.25) is 4.79 Å². The second kappa shape index (κ2) is 8.57. The first-order valence-corrected chi connectivity index (χ1v) is 9.81. The number of alkyl halides is 3. The van der Waals surface area contributed by atoms with E-state index in [1.165, 1.54) is 18.2 Å². The van der Waals surface area contributed by atoms with E-state index in [0.717, 1.165) is 0 Å². The zero-order valence-corrected chi connectivity index (χ0v) is 15.8. The molecule has 1 aliphatic heterocycles. The topological polar surface area (TPSA) is 102 Å². The second-order valence-electron chi connectivity index (χ2n) is 6.31. The van der Waals surface area contributed by atoms with Crippen LogP contribution in [0.1, 0.15) is 24.3 Å². The van der Waals surface area contributed by atoms with Crippen LogP contribution in [-0.4, -0.2) is 62.8 Å². The first-order valence-electron chi connectivity index (χ1n) is 8.37. The Morgan fingerprint density at radius 3 is 2.70 bits per heavy atom. The molecule has 1 saturated heterocycles. The van der Waals surface area contributed by atoms with E-state index in [1.807, 2.05) is 0 Å². The van der Waals surface area contributed by atoms with E-state index in [2.05, 4.69) is 15.2 Å². The van der Waals surface area contributed by atoms with E-state index >= 15 is 0 Å². The number of sulfonamides is 1. The van der Waals surface area contributed by atoms with Gasteiger partial charge in [-0.05, 0) is 26.7 Å². The summed E-state index contributed by atoms with van der Waals surface area (Å²) in [4.78, 5) is 12.2. The molecule has 2 heterocycles. The molecule has 0 aromatic carbocycles. The molecule has 1 fully saturated rings. The van der Waals surface area contributed by atoms with Crippen molar-refractivity contribution in [2.45, 2.75) is 37.8 Å². The third-order valence-corrected chi connectivity index (χ3v) is 6.24. The van der Waals surface area contributed by atoms with E-state index in [-0.39, 0.29) is 42.6 Å². The van der Waals surface area contributed by atoms with Crippen LogP contribution in [0.3, 0.4) is 0 Å². The van der Waals surface area contributed by atoms with Gasteiger partial charge in [0.2, 0.25) is 15.9 Å². The lowest BCUT2D eigenvalue weighted by Crippen LogP contribution is -2.46. The van der Waals surface area contributed by atoms with Crippen molar-refractivity contribution >= 4 is 15.9 Å². The third-order valence-electron chi connectivity index (χ3n) is 4.13. The SMILES string of the molecule is Cc1noc(C)c1S(=O)(=O)N1CCCC(C(=O)NCCOCC(F)(F)F)C1. The minimum absolute atomic E-state index is 0.00380. The number of aromatic nitrogens is 1. The smallest absolute Gasteiger partial charge is 0.370 e. The van der Waals surface area contributed by atoms with Gasteiger partial charge in [0.25, 0.3) is 0 Å². The van der Waals surface area contributed by atoms with Crippen LogP contribution < -0.4 is 5.32 Å². The lowest BCUT2D eigenvalue weighted by molar-refractivity contribution is -0.173. The number of nitrogens with zero attached hydrogens (tertiary/aromatic N) is 2. The summed E-state index contributed by atoms with van der Waals surface area (Å²) < 4.78 is 72.1. The van der Waals surface area contributed by atoms with Crippen LogP contribution in [0.4, 0.5) is 13.2 Å². The average molecular weight is 413 g/mol. The predicted octanol–water partition coefficient (Wildman–Crippen LogP) is 1.39. The van der Waals surface area contributed by atoms with Gasteiger partial charge in [-0.25, -0.2) is 8.42 Å². The molecule has 1 aromatic rings. The van der Waals surface area contributed by atoms with E-state index in [9.17, 15) is 26.4 Å². The minimum atomic E-state index is -4.42. The lowest BCUT2D eigenvalue weighted by atomic mass is 9.99. The standard InChI is InChI=1S/C15H22F3N3O5S/c1-10-13(11(2)26-20-10)27(23,24)21-6-3-4-12(8-21)14(22)19-5-7-25-9-15(16,17)18/h12H,3-9H2,1-2H3,(H,19,22). The molecule has 0 spiro atoms. The van der Waals surface area contributed by atoms with Crippen LogP contribution >= 0.6 is 0 Å². The molecule has 1 N–H and O–H groups in total. The molecule has 2 rings (SSSR count). The predicted molar refractivity (Wildman–Crippen MR) is 87.3 cm³/mol. The molecule has 12 heteroatoms. The number of carbonyl (C=O) groups excluding carboxylic acids is 1. The summed E-state index contributed by atoms with van der Waals surface area (Å²) in [5.41, 5.74) is 0.251. The molecule has 0 aliphatic carbocycles. The molecule has 0 bridgehead atoms. The lowest BCUT2D eigenvalue weighted by Gasteiger charge is -2.31. The van der Waals surface area contributed by atoms with Gasteiger partial charge >= 0.3 is 6.18 Å². The zero-order valence-electron chi connectivity index (χ0n) is 15.0. The molecule has 8 nitrogen and oxygen atoms in total. The molecular weight excluding hydrogens is 391 g/mol. The summed E-state index contributed by atoms with van der Waals surface area (Å²) in [6.07, 6.45) is -3.44.